The largest absolute Gasteiger partial charge is 0.478 e. The molecule has 0 aliphatic carbocycles. The summed E-state index contributed by atoms with van der Waals surface area (Å²) < 4.78 is 27.0. The maximum Gasteiger partial charge on any atom is 0.335 e. The van der Waals surface area contributed by atoms with Gasteiger partial charge in [-0.05, 0) is 50.6 Å². The Labute approximate surface area is 124 Å². The summed E-state index contributed by atoms with van der Waals surface area (Å²) in [6, 6.07) is 5.39. The van der Waals surface area contributed by atoms with Crippen molar-refractivity contribution in [3.63, 3.8) is 0 Å². The SMILES string of the molecule is CN1CCCC(CNS(=O)(=O)c2cccc(C(=O)O)c2)C1. The number of aromatic carboxylic acids is 1. The van der Waals surface area contributed by atoms with E-state index in [1.54, 1.807) is 0 Å². The molecule has 0 saturated carbocycles. The quantitative estimate of drug-likeness (QED) is 0.847. The zero-order valence-electron chi connectivity index (χ0n) is 11.9. The summed E-state index contributed by atoms with van der Waals surface area (Å²) in [5.41, 5.74) is -0.0322. The molecule has 1 atom stereocenters. The van der Waals surface area contributed by atoms with E-state index in [-0.39, 0.29) is 10.5 Å². The van der Waals surface area contributed by atoms with Crippen LogP contribution >= 0.6 is 0 Å². The predicted molar refractivity (Wildman–Crippen MR) is 78.8 cm³/mol. The molecule has 21 heavy (non-hydrogen) atoms. The summed E-state index contributed by atoms with van der Waals surface area (Å²) >= 11 is 0. The van der Waals surface area contributed by atoms with Gasteiger partial charge in [-0.2, -0.15) is 0 Å². The fraction of sp³-hybridized carbons (Fsp3) is 0.500. The first kappa shape index (κ1) is 15.9. The lowest BCUT2D eigenvalue weighted by Gasteiger charge is -2.29. The van der Waals surface area contributed by atoms with Crippen LogP contribution in [-0.4, -0.2) is 51.1 Å². The molecule has 116 valence electrons. The first-order valence-electron chi connectivity index (χ1n) is 6.90. The van der Waals surface area contributed by atoms with Gasteiger partial charge in [-0.3, -0.25) is 0 Å². The Morgan fingerprint density at radius 1 is 1.48 bits per heavy atom. The average Bonchev–Trinajstić information content (AvgIpc) is 2.45. The molecule has 2 rings (SSSR count). The maximum atomic E-state index is 12.2. The van der Waals surface area contributed by atoms with Gasteiger partial charge in [0.15, 0.2) is 0 Å². The molecule has 7 heteroatoms. The molecular weight excluding hydrogens is 292 g/mol. The van der Waals surface area contributed by atoms with Gasteiger partial charge in [0.2, 0.25) is 10.0 Å². The standard InChI is InChI=1S/C14H20N2O4S/c1-16-7-3-4-11(10-16)9-15-21(19,20)13-6-2-5-12(8-13)14(17)18/h2,5-6,8,11,15H,3-4,7,9-10H2,1H3,(H,17,18). The number of nitrogens with one attached hydrogen (secondary N) is 1. The number of sulfonamides is 1. The Kier molecular flexibility index (Phi) is 4.97. The monoisotopic (exact) mass is 312 g/mol. The molecule has 1 aliphatic heterocycles. The van der Waals surface area contributed by atoms with E-state index in [9.17, 15) is 13.2 Å². The van der Waals surface area contributed by atoms with Crippen molar-refractivity contribution in [2.45, 2.75) is 17.7 Å². The van der Waals surface area contributed by atoms with Crippen LogP contribution in [0.15, 0.2) is 29.2 Å². The highest BCUT2D eigenvalue weighted by molar-refractivity contribution is 7.89. The van der Waals surface area contributed by atoms with Gasteiger partial charge in [-0.15, -0.1) is 0 Å². The highest BCUT2D eigenvalue weighted by Crippen LogP contribution is 2.16. The molecule has 0 amide bonds. The van der Waals surface area contributed by atoms with E-state index in [1.807, 2.05) is 7.05 Å². The van der Waals surface area contributed by atoms with Crippen molar-refractivity contribution in [2.75, 3.05) is 26.7 Å². The predicted octanol–water partition coefficient (Wildman–Crippen LogP) is 1.00. The van der Waals surface area contributed by atoms with Crippen molar-refractivity contribution < 1.29 is 18.3 Å². The van der Waals surface area contributed by atoms with Crippen LogP contribution in [0, 0.1) is 5.92 Å². The molecule has 0 bridgehead atoms. The highest BCUT2D eigenvalue weighted by Gasteiger charge is 2.21. The van der Waals surface area contributed by atoms with E-state index in [0.717, 1.165) is 25.9 Å². The second kappa shape index (κ2) is 6.55. The molecule has 2 N–H and O–H groups in total. The number of benzene rings is 1. The molecule has 1 heterocycles. The van der Waals surface area contributed by atoms with Crippen molar-refractivity contribution in [1.29, 1.82) is 0 Å². The number of likely N-dealkylation sites (tertiary alicyclic amines) is 1. The van der Waals surface area contributed by atoms with E-state index in [1.165, 1.54) is 24.3 Å². The summed E-state index contributed by atoms with van der Waals surface area (Å²) in [6.07, 6.45) is 2.07. The van der Waals surface area contributed by atoms with Gasteiger partial charge >= 0.3 is 5.97 Å². The van der Waals surface area contributed by atoms with Crippen molar-refractivity contribution >= 4 is 16.0 Å². The van der Waals surface area contributed by atoms with Crippen LogP contribution in [0.1, 0.15) is 23.2 Å². The van der Waals surface area contributed by atoms with Crippen molar-refractivity contribution in [3.05, 3.63) is 29.8 Å². The lowest BCUT2D eigenvalue weighted by atomic mass is 9.99. The molecule has 0 aromatic heterocycles. The van der Waals surface area contributed by atoms with Gasteiger partial charge in [0.25, 0.3) is 0 Å². The van der Waals surface area contributed by atoms with Gasteiger partial charge in [-0.25, -0.2) is 17.9 Å². The molecule has 1 aromatic carbocycles. The number of carboxylic acid groups (broad SMARTS) is 1. The fourth-order valence-corrected chi connectivity index (χ4v) is 3.71. The number of carbonyl (C=O) groups is 1. The van der Waals surface area contributed by atoms with E-state index >= 15 is 0 Å². The Morgan fingerprint density at radius 3 is 2.90 bits per heavy atom. The minimum atomic E-state index is -3.67. The van der Waals surface area contributed by atoms with E-state index in [0.29, 0.717) is 12.5 Å². The third kappa shape index (κ3) is 4.26. The van der Waals surface area contributed by atoms with Gasteiger partial charge in [0, 0.05) is 13.1 Å². The summed E-state index contributed by atoms with van der Waals surface area (Å²) in [5.74, 6) is -0.845. The van der Waals surface area contributed by atoms with Crippen LogP contribution in [0.4, 0.5) is 0 Å². The summed E-state index contributed by atoms with van der Waals surface area (Å²) in [5, 5.41) is 8.92. The number of hydrogen-bond donors (Lipinski definition) is 2. The normalized spacial score (nSPS) is 20.3. The zero-order chi connectivity index (χ0) is 15.5. The Bertz CT molecular complexity index is 615. The third-order valence-electron chi connectivity index (χ3n) is 3.68. The molecule has 0 radical (unpaired) electrons. The molecule has 1 fully saturated rings. The number of hydrogen-bond acceptors (Lipinski definition) is 4. The minimum Gasteiger partial charge on any atom is -0.478 e. The van der Waals surface area contributed by atoms with Crippen molar-refractivity contribution in [3.8, 4) is 0 Å². The molecule has 1 aliphatic rings. The lowest BCUT2D eigenvalue weighted by Crippen LogP contribution is -2.39. The lowest BCUT2D eigenvalue weighted by molar-refractivity contribution is 0.0696. The third-order valence-corrected chi connectivity index (χ3v) is 5.10. The number of rotatable bonds is 5. The summed E-state index contributed by atoms with van der Waals surface area (Å²) in [7, 11) is -1.64. The summed E-state index contributed by atoms with van der Waals surface area (Å²) in [6.45, 7) is 2.30. The van der Waals surface area contributed by atoms with Gasteiger partial charge in [-0.1, -0.05) is 6.07 Å². The van der Waals surface area contributed by atoms with Gasteiger partial charge in [0.05, 0.1) is 10.5 Å². The number of carboxylic acids is 1. The van der Waals surface area contributed by atoms with Gasteiger partial charge in [0.1, 0.15) is 0 Å². The first-order valence-corrected chi connectivity index (χ1v) is 8.38. The maximum absolute atomic E-state index is 12.2. The fourth-order valence-electron chi connectivity index (χ4n) is 2.55. The smallest absolute Gasteiger partial charge is 0.335 e. The molecule has 1 aromatic rings. The van der Waals surface area contributed by atoms with Crippen LogP contribution in [-0.2, 0) is 10.0 Å². The second-order valence-corrected chi connectivity index (χ2v) is 7.22. The Hall–Kier alpha value is -1.44. The molecule has 0 spiro atoms. The van der Waals surface area contributed by atoms with Crippen molar-refractivity contribution in [2.24, 2.45) is 5.92 Å². The topological polar surface area (TPSA) is 86.7 Å². The Balaban J connectivity index is 2.04. The highest BCUT2D eigenvalue weighted by atomic mass is 32.2. The van der Waals surface area contributed by atoms with Crippen LogP contribution in [0.2, 0.25) is 0 Å². The van der Waals surface area contributed by atoms with Crippen molar-refractivity contribution in [1.82, 2.24) is 9.62 Å². The van der Waals surface area contributed by atoms with Crippen LogP contribution < -0.4 is 4.72 Å². The summed E-state index contributed by atoms with van der Waals surface area (Å²) in [4.78, 5) is 13.1. The van der Waals surface area contributed by atoms with E-state index in [2.05, 4.69) is 9.62 Å². The number of piperidine rings is 1. The molecule has 1 saturated heterocycles. The second-order valence-electron chi connectivity index (χ2n) is 5.46. The van der Waals surface area contributed by atoms with Gasteiger partial charge < -0.3 is 10.0 Å². The molecule has 6 nitrogen and oxygen atoms in total. The zero-order valence-corrected chi connectivity index (χ0v) is 12.8. The van der Waals surface area contributed by atoms with E-state index in [4.69, 9.17) is 5.11 Å². The molecular formula is C14H20N2O4S. The van der Waals surface area contributed by atoms with Crippen LogP contribution in [0.5, 0.6) is 0 Å². The Morgan fingerprint density at radius 2 is 2.24 bits per heavy atom. The number of nitrogens with zero attached hydrogens (tertiary/aromatic N) is 1. The minimum absolute atomic E-state index is 0.00781. The average molecular weight is 312 g/mol. The molecule has 1 unspecified atom stereocenters. The van der Waals surface area contributed by atoms with Crippen LogP contribution in [0.3, 0.4) is 0 Å². The first-order chi connectivity index (χ1) is 9.88. The van der Waals surface area contributed by atoms with E-state index < -0.39 is 16.0 Å². The van der Waals surface area contributed by atoms with Crippen LogP contribution in [0.25, 0.3) is 0 Å².